The molecule has 2 aliphatic heterocycles. The summed E-state index contributed by atoms with van der Waals surface area (Å²) in [6, 6.07) is 4.56. The third-order valence-corrected chi connectivity index (χ3v) is 7.44. The van der Waals surface area contributed by atoms with Gasteiger partial charge < -0.3 is 35.2 Å². The van der Waals surface area contributed by atoms with Crippen molar-refractivity contribution in [2.75, 3.05) is 37.0 Å². The molecule has 0 unspecified atom stereocenters. The fourth-order valence-corrected chi connectivity index (χ4v) is 5.12. The lowest BCUT2D eigenvalue weighted by atomic mass is 9.82. The van der Waals surface area contributed by atoms with Crippen LogP contribution in [0, 0.1) is 5.92 Å². The van der Waals surface area contributed by atoms with Crippen LogP contribution in [0.15, 0.2) is 30.4 Å². The highest BCUT2D eigenvalue weighted by Crippen LogP contribution is 2.46. The van der Waals surface area contributed by atoms with E-state index in [9.17, 15) is 34.5 Å². The molecule has 0 bridgehead atoms. The molecule has 3 amide bonds. The number of amides is 3. The molecule has 1 fully saturated rings. The first-order valence-electron chi connectivity index (χ1n) is 13.4. The van der Waals surface area contributed by atoms with Gasteiger partial charge in [-0.25, -0.2) is 0 Å². The van der Waals surface area contributed by atoms with Crippen LogP contribution >= 0.6 is 0 Å². The highest BCUT2D eigenvalue weighted by Gasteiger charge is 2.52. The minimum absolute atomic E-state index is 0.0691. The highest BCUT2D eigenvalue weighted by molar-refractivity contribution is 6.08. The number of likely N-dealkylation sites (tertiary alicyclic amines) is 1. The molecule has 39 heavy (non-hydrogen) atoms. The van der Waals surface area contributed by atoms with Gasteiger partial charge in [0.15, 0.2) is 5.60 Å². The van der Waals surface area contributed by atoms with Crippen molar-refractivity contribution in [3.63, 3.8) is 0 Å². The molecule has 0 radical (unpaired) electrons. The quantitative estimate of drug-likeness (QED) is 0.175. The molecule has 0 aromatic heterocycles. The minimum atomic E-state index is -1.97. The Kier molecular flexibility index (Phi) is 10.2. The number of unbranched alkanes of at least 4 members (excludes halogenated alkanes) is 1. The molecule has 0 spiro atoms. The van der Waals surface area contributed by atoms with Gasteiger partial charge in [-0.15, -0.1) is 0 Å². The maximum Gasteiger partial charge on any atom is 0.305 e. The number of hydrogen-bond donors (Lipinski definition) is 4. The van der Waals surface area contributed by atoms with Gasteiger partial charge in [-0.05, 0) is 50.8 Å². The van der Waals surface area contributed by atoms with Gasteiger partial charge in [0.2, 0.25) is 5.91 Å². The van der Waals surface area contributed by atoms with Crippen molar-refractivity contribution in [1.29, 1.82) is 0 Å². The average Bonchev–Trinajstić information content (AvgIpc) is 3.48. The lowest BCUT2D eigenvalue weighted by Gasteiger charge is -2.28. The van der Waals surface area contributed by atoms with Gasteiger partial charge in [0.1, 0.15) is 6.10 Å². The number of fused-ring (bicyclic) bond motifs is 1. The number of anilines is 2. The van der Waals surface area contributed by atoms with Crippen LogP contribution in [-0.2, 0) is 29.5 Å². The van der Waals surface area contributed by atoms with E-state index < -0.39 is 29.4 Å². The number of methoxy groups -OCH3 is 1. The molecular weight excluding hydrogens is 506 g/mol. The molecule has 3 rings (SSSR count). The summed E-state index contributed by atoms with van der Waals surface area (Å²) in [5.74, 6) is -2.37. The Bertz CT molecular complexity index is 1100. The summed E-state index contributed by atoms with van der Waals surface area (Å²) in [4.78, 5) is 53.0. The number of benzene rings is 1. The number of rotatable bonds is 12. The maximum absolute atomic E-state index is 13.7. The van der Waals surface area contributed by atoms with E-state index in [0.717, 1.165) is 12.8 Å². The predicted molar refractivity (Wildman–Crippen MR) is 144 cm³/mol. The molecule has 0 aliphatic carbocycles. The smallest absolute Gasteiger partial charge is 0.305 e. The lowest BCUT2D eigenvalue weighted by molar-refractivity contribution is -0.140. The number of esters is 1. The molecule has 1 aromatic carbocycles. The number of nitrogens with one attached hydrogen (secondary N) is 1. The second-order valence-corrected chi connectivity index (χ2v) is 10.1. The highest BCUT2D eigenvalue weighted by atomic mass is 16.5. The average molecular weight is 546 g/mol. The summed E-state index contributed by atoms with van der Waals surface area (Å²) in [5, 5.41) is 33.5. The third-order valence-electron chi connectivity index (χ3n) is 7.44. The van der Waals surface area contributed by atoms with Gasteiger partial charge in [-0.3, -0.25) is 19.2 Å². The van der Waals surface area contributed by atoms with E-state index in [1.807, 2.05) is 0 Å². The first-order chi connectivity index (χ1) is 18.5. The van der Waals surface area contributed by atoms with Crippen molar-refractivity contribution >= 4 is 35.1 Å². The molecule has 2 heterocycles. The number of carbonyl (C=O) groups excluding carboxylic acids is 4. The normalized spacial score (nSPS) is 22.2. The van der Waals surface area contributed by atoms with E-state index >= 15 is 0 Å². The molecule has 11 nitrogen and oxygen atoms in total. The van der Waals surface area contributed by atoms with Gasteiger partial charge in [0, 0.05) is 43.1 Å². The molecule has 2 aliphatic rings. The zero-order valence-electron chi connectivity index (χ0n) is 22.8. The second kappa shape index (κ2) is 13.2. The summed E-state index contributed by atoms with van der Waals surface area (Å²) in [6.07, 6.45) is 4.88. The van der Waals surface area contributed by atoms with Gasteiger partial charge in [-0.1, -0.05) is 19.1 Å². The molecular formula is C28H39N3O8. The van der Waals surface area contributed by atoms with E-state index in [1.165, 1.54) is 25.0 Å². The van der Waals surface area contributed by atoms with Gasteiger partial charge >= 0.3 is 5.97 Å². The zero-order valence-corrected chi connectivity index (χ0v) is 22.8. The Labute approximate surface area is 228 Å². The monoisotopic (exact) mass is 545 g/mol. The van der Waals surface area contributed by atoms with Crippen LogP contribution in [0.5, 0.6) is 0 Å². The third kappa shape index (κ3) is 6.66. The van der Waals surface area contributed by atoms with Crippen LogP contribution in [0.2, 0.25) is 0 Å². The number of ether oxygens (including phenoxy) is 1. The fourth-order valence-electron chi connectivity index (χ4n) is 5.12. The van der Waals surface area contributed by atoms with E-state index in [4.69, 9.17) is 0 Å². The molecule has 214 valence electrons. The first kappa shape index (κ1) is 30.3. The molecule has 11 heteroatoms. The number of hydrogen-bond acceptors (Lipinski definition) is 8. The molecule has 4 N–H and O–H groups in total. The van der Waals surface area contributed by atoms with E-state index in [0.29, 0.717) is 36.3 Å². The van der Waals surface area contributed by atoms with E-state index in [1.54, 1.807) is 36.1 Å². The zero-order chi connectivity index (χ0) is 28.7. The summed E-state index contributed by atoms with van der Waals surface area (Å²) >= 11 is 0. The summed E-state index contributed by atoms with van der Waals surface area (Å²) in [5.41, 5.74) is -0.875. The minimum Gasteiger partial charge on any atom is -0.469 e. The molecule has 4 atom stereocenters. The number of aliphatic hydroxyl groups is 3. The lowest BCUT2D eigenvalue weighted by Crippen LogP contribution is -2.44. The van der Waals surface area contributed by atoms with Crippen LogP contribution in [0.3, 0.4) is 0 Å². The predicted octanol–water partition coefficient (Wildman–Crippen LogP) is 1.45. The van der Waals surface area contributed by atoms with Gasteiger partial charge in [-0.2, -0.15) is 0 Å². The summed E-state index contributed by atoms with van der Waals surface area (Å²) < 4.78 is 4.67. The van der Waals surface area contributed by atoms with Crippen molar-refractivity contribution in [2.24, 2.45) is 5.92 Å². The molecule has 1 aromatic rings. The van der Waals surface area contributed by atoms with Crippen molar-refractivity contribution in [3.05, 3.63) is 35.9 Å². The van der Waals surface area contributed by atoms with Gasteiger partial charge in [0.05, 0.1) is 25.4 Å². The van der Waals surface area contributed by atoms with Gasteiger partial charge in [0.25, 0.3) is 11.8 Å². The van der Waals surface area contributed by atoms with Crippen LogP contribution < -0.4 is 10.2 Å². The van der Waals surface area contributed by atoms with Crippen molar-refractivity contribution < 1.29 is 39.2 Å². The largest absolute Gasteiger partial charge is 0.469 e. The summed E-state index contributed by atoms with van der Waals surface area (Å²) in [7, 11) is 1.31. The molecule has 1 saturated heterocycles. The standard InChI is InChI=1S/C28H39N3O8/c1-18(8-6-10-24(34)30-15-7-9-21(30)17-32)28(38)22-16-20(29-26(36)19(2)33)12-13-23(22)31(27(28)37)14-5-4-11-25(35)39-3/h6,8,12-13,16,18-19,21,32-33,38H,4-5,7,9-11,14-15,17H2,1-3H3,(H,29,36)/b8-6+/t18-,19+,21+,28+/m1/s1. The van der Waals surface area contributed by atoms with Crippen LogP contribution in [0.1, 0.15) is 57.9 Å². The van der Waals surface area contributed by atoms with E-state index in [-0.39, 0.29) is 43.9 Å². The van der Waals surface area contributed by atoms with Crippen molar-refractivity contribution in [1.82, 2.24) is 4.90 Å². The second-order valence-electron chi connectivity index (χ2n) is 10.1. The van der Waals surface area contributed by atoms with Crippen LogP contribution in [-0.4, -0.2) is 82.9 Å². The van der Waals surface area contributed by atoms with Crippen LogP contribution in [0.25, 0.3) is 0 Å². The Morgan fingerprint density at radius 2 is 2.00 bits per heavy atom. The fraction of sp³-hybridized carbons (Fsp3) is 0.571. The number of aliphatic hydroxyl groups excluding tert-OH is 2. The number of carbonyl (C=O) groups is 4. The van der Waals surface area contributed by atoms with Crippen molar-refractivity contribution in [2.45, 2.75) is 70.1 Å². The Hall–Kier alpha value is -3.28. The Morgan fingerprint density at radius 3 is 2.67 bits per heavy atom. The Morgan fingerprint density at radius 1 is 1.26 bits per heavy atom. The van der Waals surface area contributed by atoms with E-state index in [2.05, 4.69) is 10.1 Å². The topological polar surface area (TPSA) is 157 Å². The maximum atomic E-state index is 13.7. The Balaban J connectivity index is 1.83. The summed E-state index contributed by atoms with van der Waals surface area (Å²) in [6.45, 7) is 3.78. The first-order valence-corrected chi connectivity index (χ1v) is 13.4. The molecule has 0 saturated carbocycles. The SMILES string of the molecule is COC(=O)CCCCN1C(=O)[C@](O)([C@H](C)/C=C/CC(=O)N2CCC[C@H]2CO)c2cc(NC(=O)[C@H](C)O)ccc21. The van der Waals surface area contributed by atoms with Crippen molar-refractivity contribution in [3.8, 4) is 0 Å². The van der Waals surface area contributed by atoms with Crippen LogP contribution in [0.4, 0.5) is 11.4 Å². The number of nitrogens with zero attached hydrogens (tertiary/aromatic N) is 2.